The van der Waals surface area contributed by atoms with Crippen LogP contribution in [0.25, 0.3) is 15.9 Å². The summed E-state index contributed by atoms with van der Waals surface area (Å²) >= 11 is 4.66. The molecule has 120 valence electrons. The highest BCUT2D eigenvalue weighted by Crippen LogP contribution is 2.39. The summed E-state index contributed by atoms with van der Waals surface area (Å²) in [5.74, 6) is -0.175. The average molecular weight is 366 g/mol. The molecule has 0 saturated heterocycles. The van der Waals surface area contributed by atoms with Gasteiger partial charge in [0.15, 0.2) is 16.0 Å². The van der Waals surface area contributed by atoms with E-state index in [1.54, 1.807) is 23.1 Å². The molecule has 2 N–H and O–H groups in total. The number of nitrogens with two attached hydrogens (primary N) is 1. The molecule has 0 fully saturated rings. The third kappa shape index (κ3) is 2.50. The van der Waals surface area contributed by atoms with E-state index in [1.807, 2.05) is 10.7 Å². The van der Waals surface area contributed by atoms with E-state index in [2.05, 4.69) is 10.2 Å². The zero-order valence-electron chi connectivity index (χ0n) is 12.5. The number of aryl methyl sites for hydroxylation is 2. The Kier molecular flexibility index (Phi) is 3.94. The number of fused-ring (bicyclic) bond motifs is 5. The normalized spacial score (nSPS) is 14.5. The van der Waals surface area contributed by atoms with E-state index >= 15 is 0 Å². The van der Waals surface area contributed by atoms with Gasteiger partial charge >= 0.3 is 0 Å². The average Bonchev–Trinajstić information content (AvgIpc) is 3.13. The zero-order chi connectivity index (χ0) is 16.0. The fourth-order valence-corrected chi connectivity index (χ4v) is 5.49. The lowest BCUT2D eigenvalue weighted by Crippen LogP contribution is -2.13. The van der Waals surface area contributed by atoms with Crippen molar-refractivity contribution in [1.29, 1.82) is 0 Å². The smallest absolute Gasteiger partial charge is 0.227 e. The molecule has 1 aliphatic rings. The molecule has 0 aromatic carbocycles. The van der Waals surface area contributed by atoms with Crippen LogP contribution in [-0.4, -0.2) is 37.5 Å². The van der Waals surface area contributed by atoms with E-state index in [9.17, 15) is 4.79 Å². The van der Waals surface area contributed by atoms with Crippen molar-refractivity contribution in [2.75, 3.05) is 12.0 Å². The largest absolute Gasteiger partial charge is 0.369 e. The lowest BCUT2D eigenvalue weighted by atomic mass is 9.98. The topological polar surface area (TPSA) is 86.2 Å². The summed E-state index contributed by atoms with van der Waals surface area (Å²) in [6.07, 6.45) is 6.71. The molecule has 0 bridgehead atoms. The van der Waals surface area contributed by atoms with Gasteiger partial charge in [-0.2, -0.15) is 0 Å². The van der Waals surface area contributed by atoms with Gasteiger partial charge in [-0.05, 0) is 37.5 Å². The van der Waals surface area contributed by atoms with Gasteiger partial charge in [-0.3, -0.25) is 4.79 Å². The third-order valence-corrected chi connectivity index (χ3v) is 6.77. The lowest BCUT2D eigenvalue weighted by Gasteiger charge is -2.10. The van der Waals surface area contributed by atoms with Gasteiger partial charge in [0.1, 0.15) is 0 Å². The SMILES string of the molecule is CSc1nc2c3c(sc2c2nnc(SCC(N)=O)n12)CCCC3. The van der Waals surface area contributed by atoms with Crippen molar-refractivity contribution >= 4 is 56.6 Å². The standard InChI is InChI=1S/C14H15N5OS3/c1-21-13-16-10-7-4-2-3-5-8(7)23-11(10)12-17-18-14(19(12)13)22-6-9(15)20/h2-6H2,1H3,(H2,15,20). The Hall–Kier alpha value is -1.32. The first kappa shape index (κ1) is 15.2. The van der Waals surface area contributed by atoms with Crippen LogP contribution in [0.5, 0.6) is 0 Å². The fraction of sp³-hybridized carbons (Fsp3) is 0.429. The van der Waals surface area contributed by atoms with E-state index in [0.717, 1.165) is 33.9 Å². The minimum atomic E-state index is -0.363. The highest BCUT2D eigenvalue weighted by molar-refractivity contribution is 8.00. The number of hydrogen-bond donors (Lipinski definition) is 1. The Balaban J connectivity index is 1.95. The van der Waals surface area contributed by atoms with Gasteiger partial charge in [-0.15, -0.1) is 21.5 Å². The van der Waals surface area contributed by atoms with Crippen molar-refractivity contribution in [3.8, 4) is 0 Å². The molecule has 1 aliphatic carbocycles. The first-order valence-corrected chi connectivity index (χ1v) is 10.4. The van der Waals surface area contributed by atoms with Crippen molar-refractivity contribution in [2.45, 2.75) is 36.0 Å². The number of rotatable bonds is 4. The molecule has 0 unspecified atom stereocenters. The first-order valence-electron chi connectivity index (χ1n) is 7.33. The van der Waals surface area contributed by atoms with Crippen LogP contribution < -0.4 is 5.73 Å². The van der Waals surface area contributed by atoms with Crippen LogP contribution in [0.4, 0.5) is 0 Å². The number of carbonyl (C=O) groups is 1. The third-order valence-electron chi connectivity index (χ3n) is 3.90. The van der Waals surface area contributed by atoms with Gasteiger partial charge < -0.3 is 5.73 Å². The molecule has 23 heavy (non-hydrogen) atoms. The number of hydrogen-bond acceptors (Lipinski definition) is 7. The van der Waals surface area contributed by atoms with Crippen LogP contribution in [-0.2, 0) is 17.6 Å². The molecule has 1 amide bonds. The Labute approximate surface area is 145 Å². The molecule has 3 heterocycles. The van der Waals surface area contributed by atoms with Gasteiger partial charge in [0, 0.05) is 4.88 Å². The highest BCUT2D eigenvalue weighted by atomic mass is 32.2. The van der Waals surface area contributed by atoms with Crippen LogP contribution >= 0.6 is 34.9 Å². The second-order valence-corrected chi connectivity index (χ2v) is 8.20. The minimum absolute atomic E-state index is 0.188. The molecule has 0 spiro atoms. The number of carbonyl (C=O) groups excluding carboxylic acids is 1. The van der Waals surface area contributed by atoms with Crippen LogP contribution in [0.2, 0.25) is 0 Å². The predicted molar refractivity (Wildman–Crippen MR) is 94.5 cm³/mol. The molecular formula is C14H15N5OS3. The molecule has 0 aliphatic heterocycles. The molecule has 3 aromatic rings. The van der Waals surface area contributed by atoms with Crippen molar-refractivity contribution in [2.24, 2.45) is 5.73 Å². The van der Waals surface area contributed by atoms with Crippen molar-refractivity contribution in [1.82, 2.24) is 19.6 Å². The maximum absolute atomic E-state index is 11.1. The van der Waals surface area contributed by atoms with E-state index in [4.69, 9.17) is 10.7 Å². The summed E-state index contributed by atoms with van der Waals surface area (Å²) in [4.78, 5) is 17.4. The summed E-state index contributed by atoms with van der Waals surface area (Å²) < 4.78 is 3.05. The monoisotopic (exact) mass is 365 g/mol. The van der Waals surface area contributed by atoms with Crippen molar-refractivity contribution < 1.29 is 4.79 Å². The van der Waals surface area contributed by atoms with Crippen LogP contribution in [0.1, 0.15) is 23.3 Å². The summed E-state index contributed by atoms with van der Waals surface area (Å²) in [6.45, 7) is 0. The van der Waals surface area contributed by atoms with Gasteiger partial charge in [0.05, 0.1) is 16.0 Å². The number of thioether (sulfide) groups is 2. The summed E-state index contributed by atoms with van der Waals surface area (Å²) in [6, 6.07) is 0. The maximum Gasteiger partial charge on any atom is 0.227 e. The maximum atomic E-state index is 11.1. The molecule has 3 aromatic heterocycles. The second kappa shape index (κ2) is 5.95. The quantitative estimate of drug-likeness (QED) is 0.565. The summed E-state index contributed by atoms with van der Waals surface area (Å²) in [7, 11) is 0. The predicted octanol–water partition coefficient (Wildman–Crippen LogP) is 2.52. The Morgan fingerprint density at radius 2 is 2.13 bits per heavy atom. The van der Waals surface area contributed by atoms with Crippen molar-refractivity contribution in [3.05, 3.63) is 10.4 Å². The van der Waals surface area contributed by atoms with Gasteiger partial charge in [-0.25, -0.2) is 9.38 Å². The first-order chi connectivity index (χ1) is 11.2. The number of nitrogens with zero attached hydrogens (tertiary/aromatic N) is 4. The molecule has 0 atom stereocenters. The lowest BCUT2D eigenvalue weighted by molar-refractivity contribution is -0.115. The Morgan fingerprint density at radius 3 is 2.91 bits per heavy atom. The van der Waals surface area contributed by atoms with Crippen LogP contribution in [0, 0.1) is 0 Å². The van der Waals surface area contributed by atoms with Crippen LogP contribution in [0.3, 0.4) is 0 Å². The van der Waals surface area contributed by atoms with Crippen LogP contribution in [0.15, 0.2) is 10.3 Å². The van der Waals surface area contributed by atoms with Gasteiger partial charge in [-0.1, -0.05) is 23.5 Å². The number of aromatic nitrogens is 4. The number of primary amides is 1. The minimum Gasteiger partial charge on any atom is -0.369 e. The highest BCUT2D eigenvalue weighted by Gasteiger charge is 2.23. The van der Waals surface area contributed by atoms with E-state index in [0.29, 0.717) is 5.16 Å². The molecule has 0 radical (unpaired) electrons. The summed E-state index contributed by atoms with van der Waals surface area (Å²) in [5, 5.41) is 10.2. The summed E-state index contributed by atoms with van der Waals surface area (Å²) in [5.41, 5.74) is 8.56. The molecule has 9 heteroatoms. The van der Waals surface area contributed by atoms with E-state index in [-0.39, 0.29) is 11.7 Å². The number of amides is 1. The van der Waals surface area contributed by atoms with Gasteiger partial charge in [0.2, 0.25) is 5.91 Å². The van der Waals surface area contributed by atoms with E-state index < -0.39 is 0 Å². The molecule has 6 nitrogen and oxygen atoms in total. The molecular weight excluding hydrogens is 350 g/mol. The fourth-order valence-electron chi connectivity index (χ4n) is 2.92. The van der Waals surface area contributed by atoms with Gasteiger partial charge in [0.25, 0.3) is 0 Å². The second-order valence-electron chi connectivity index (χ2n) is 5.38. The number of thiophene rings is 1. The Bertz CT molecular complexity index is 916. The van der Waals surface area contributed by atoms with E-state index in [1.165, 1.54) is 35.0 Å². The van der Waals surface area contributed by atoms with Crippen molar-refractivity contribution in [3.63, 3.8) is 0 Å². The molecule has 0 saturated carbocycles. The zero-order valence-corrected chi connectivity index (χ0v) is 15.0. The molecule has 4 rings (SSSR count). The Morgan fingerprint density at radius 1 is 1.30 bits per heavy atom.